The second-order valence-corrected chi connectivity index (χ2v) is 5.09. The van der Waals surface area contributed by atoms with E-state index in [-0.39, 0.29) is 12.5 Å². The lowest BCUT2D eigenvalue weighted by atomic mass is 10.1. The third kappa shape index (κ3) is 5.30. The Labute approximate surface area is 115 Å². The molecule has 0 saturated heterocycles. The van der Waals surface area contributed by atoms with E-state index in [0.29, 0.717) is 19.0 Å². The first-order valence-corrected chi connectivity index (χ1v) is 6.72. The van der Waals surface area contributed by atoms with Gasteiger partial charge in [-0.2, -0.15) is 0 Å². The maximum atomic E-state index is 11.6. The zero-order valence-corrected chi connectivity index (χ0v) is 12.0. The summed E-state index contributed by atoms with van der Waals surface area (Å²) in [5.74, 6) is 1.14. The molecule has 0 heterocycles. The molecule has 0 aliphatic rings. The molecular formula is C15H24N2O2. The van der Waals surface area contributed by atoms with E-state index in [1.165, 1.54) is 0 Å². The highest BCUT2D eigenvalue weighted by Gasteiger charge is 2.09. The Bertz CT molecular complexity index is 417. The van der Waals surface area contributed by atoms with E-state index >= 15 is 0 Å². The summed E-state index contributed by atoms with van der Waals surface area (Å²) in [5, 5.41) is 2.83. The van der Waals surface area contributed by atoms with Crippen molar-refractivity contribution in [3.8, 4) is 5.75 Å². The lowest BCUT2D eigenvalue weighted by Gasteiger charge is -2.14. The van der Waals surface area contributed by atoms with E-state index in [1.807, 2.05) is 25.1 Å². The van der Waals surface area contributed by atoms with Gasteiger partial charge in [0.2, 0.25) is 0 Å². The average molecular weight is 264 g/mol. The van der Waals surface area contributed by atoms with E-state index in [2.05, 4.69) is 19.2 Å². The normalized spacial score (nSPS) is 10.6. The molecule has 0 aliphatic carbocycles. The molecule has 19 heavy (non-hydrogen) atoms. The van der Waals surface area contributed by atoms with Gasteiger partial charge in [0.1, 0.15) is 5.75 Å². The summed E-state index contributed by atoms with van der Waals surface area (Å²) >= 11 is 0. The summed E-state index contributed by atoms with van der Waals surface area (Å²) in [4.78, 5) is 11.6. The lowest BCUT2D eigenvalue weighted by Crippen LogP contribution is -2.32. The number of para-hydroxylation sites is 1. The number of nitrogens with one attached hydrogen (secondary N) is 1. The Morgan fingerprint density at radius 3 is 2.79 bits per heavy atom. The molecule has 0 aromatic heterocycles. The van der Waals surface area contributed by atoms with Crippen LogP contribution in [0.15, 0.2) is 18.2 Å². The van der Waals surface area contributed by atoms with Gasteiger partial charge >= 0.3 is 0 Å². The number of carbonyl (C=O) groups excluding carboxylic acids is 1. The minimum atomic E-state index is -0.0874. The summed E-state index contributed by atoms with van der Waals surface area (Å²) in [6.45, 7) is 7.38. The molecule has 0 radical (unpaired) electrons. The Morgan fingerprint density at radius 2 is 2.16 bits per heavy atom. The van der Waals surface area contributed by atoms with Crippen LogP contribution in [0.2, 0.25) is 0 Å². The molecule has 1 amide bonds. The molecule has 0 saturated carbocycles. The Balaban J connectivity index is 2.59. The van der Waals surface area contributed by atoms with Gasteiger partial charge in [-0.15, -0.1) is 0 Å². The van der Waals surface area contributed by atoms with Crippen LogP contribution < -0.4 is 15.8 Å². The molecule has 4 nitrogen and oxygen atoms in total. The molecular weight excluding hydrogens is 240 g/mol. The molecule has 0 bridgehead atoms. The van der Waals surface area contributed by atoms with Gasteiger partial charge in [0, 0.05) is 6.54 Å². The fourth-order valence-corrected chi connectivity index (χ4v) is 1.78. The van der Waals surface area contributed by atoms with Gasteiger partial charge < -0.3 is 15.8 Å². The first-order chi connectivity index (χ1) is 9.04. The van der Waals surface area contributed by atoms with Gasteiger partial charge in [-0.25, -0.2) is 0 Å². The number of nitrogens with two attached hydrogens (primary N) is 1. The van der Waals surface area contributed by atoms with Gasteiger partial charge in [0.15, 0.2) is 6.61 Å². The van der Waals surface area contributed by atoms with Crippen LogP contribution in [0.1, 0.15) is 25.0 Å². The standard InChI is InChI=1S/C15H24N2O2/c1-11(2)9-17-14(18)10-19-15-12(3)5-4-6-13(15)7-8-16/h4-6,11H,7-10,16H2,1-3H3,(H,17,18). The predicted octanol–water partition coefficient (Wildman–Crippen LogP) is 1.65. The fraction of sp³-hybridized carbons (Fsp3) is 0.533. The molecule has 3 N–H and O–H groups in total. The number of benzene rings is 1. The van der Waals surface area contributed by atoms with E-state index in [1.54, 1.807) is 0 Å². The second-order valence-electron chi connectivity index (χ2n) is 5.09. The van der Waals surface area contributed by atoms with Crippen LogP contribution in [0.25, 0.3) is 0 Å². The number of carbonyl (C=O) groups is 1. The Kier molecular flexibility index (Phi) is 6.36. The topological polar surface area (TPSA) is 64.3 Å². The number of ether oxygens (including phenoxy) is 1. The lowest BCUT2D eigenvalue weighted by molar-refractivity contribution is -0.123. The largest absolute Gasteiger partial charge is 0.483 e. The van der Waals surface area contributed by atoms with Crippen LogP contribution in [0.4, 0.5) is 0 Å². The van der Waals surface area contributed by atoms with Crippen LogP contribution in [-0.4, -0.2) is 25.6 Å². The number of aryl methyl sites for hydroxylation is 1. The predicted molar refractivity (Wildman–Crippen MR) is 77.3 cm³/mol. The summed E-state index contributed by atoms with van der Waals surface area (Å²) in [5.41, 5.74) is 7.67. The molecule has 1 aromatic rings. The number of rotatable bonds is 7. The maximum Gasteiger partial charge on any atom is 0.257 e. The van der Waals surface area contributed by atoms with E-state index in [9.17, 15) is 4.79 Å². The number of hydrogen-bond donors (Lipinski definition) is 2. The van der Waals surface area contributed by atoms with Crippen LogP contribution >= 0.6 is 0 Å². The summed E-state index contributed by atoms with van der Waals surface area (Å²) in [6, 6.07) is 5.94. The molecule has 106 valence electrons. The minimum absolute atomic E-state index is 0.0507. The molecule has 1 rings (SSSR count). The third-order valence-electron chi connectivity index (χ3n) is 2.76. The van der Waals surface area contributed by atoms with E-state index in [0.717, 1.165) is 23.3 Å². The van der Waals surface area contributed by atoms with Crippen molar-refractivity contribution in [1.82, 2.24) is 5.32 Å². The van der Waals surface area contributed by atoms with Crippen molar-refractivity contribution in [2.45, 2.75) is 27.2 Å². The van der Waals surface area contributed by atoms with Crippen molar-refractivity contribution in [1.29, 1.82) is 0 Å². The summed E-state index contributed by atoms with van der Waals surface area (Å²) in [6.07, 6.45) is 0.755. The van der Waals surface area contributed by atoms with Crippen LogP contribution in [0.5, 0.6) is 5.75 Å². The summed E-state index contributed by atoms with van der Waals surface area (Å²) < 4.78 is 5.65. The van der Waals surface area contributed by atoms with Crippen LogP contribution in [-0.2, 0) is 11.2 Å². The summed E-state index contributed by atoms with van der Waals surface area (Å²) in [7, 11) is 0. The quantitative estimate of drug-likeness (QED) is 0.787. The van der Waals surface area contributed by atoms with Gasteiger partial charge in [-0.05, 0) is 36.9 Å². The van der Waals surface area contributed by atoms with Crippen molar-refractivity contribution in [2.75, 3.05) is 19.7 Å². The first-order valence-electron chi connectivity index (χ1n) is 6.72. The van der Waals surface area contributed by atoms with Crippen molar-refractivity contribution >= 4 is 5.91 Å². The van der Waals surface area contributed by atoms with E-state index in [4.69, 9.17) is 10.5 Å². The van der Waals surface area contributed by atoms with Crippen molar-refractivity contribution in [3.05, 3.63) is 29.3 Å². The molecule has 4 heteroatoms. The van der Waals surface area contributed by atoms with Gasteiger partial charge in [-0.3, -0.25) is 4.79 Å². The highest BCUT2D eigenvalue weighted by atomic mass is 16.5. The molecule has 1 aromatic carbocycles. The first kappa shape index (κ1) is 15.5. The Hall–Kier alpha value is -1.55. The van der Waals surface area contributed by atoms with Crippen molar-refractivity contribution < 1.29 is 9.53 Å². The van der Waals surface area contributed by atoms with Crippen molar-refractivity contribution in [2.24, 2.45) is 11.7 Å². The van der Waals surface area contributed by atoms with Gasteiger partial charge in [0.05, 0.1) is 0 Å². The van der Waals surface area contributed by atoms with Gasteiger partial charge in [0.25, 0.3) is 5.91 Å². The van der Waals surface area contributed by atoms with E-state index < -0.39 is 0 Å². The highest BCUT2D eigenvalue weighted by molar-refractivity contribution is 5.77. The van der Waals surface area contributed by atoms with Gasteiger partial charge in [-0.1, -0.05) is 32.0 Å². The fourth-order valence-electron chi connectivity index (χ4n) is 1.78. The molecule has 0 unspecified atom stereocenters. The third-order valence-corrected chi connectivity index (χ3v) is 2.76. The maximum absolute atomic E-state index is 11.6. The molecule has 0 aliphatic heterocycles. The zero-order chi connectivity index (χ0) is 14.3. The zero-order valence-electron chi connectivity index (χ0n) is 12.0. The highest BCUT2D eigenvalue weighted by Crippen LogP contribution is 2.23. The molecule has 0 atom stereocenters. The Morgan fingerprint density at radius 1 is 1.42 bits per heavy atom. The number of hydrogen-bond acceptors (Lipinski definition) is 3. The number of amides is 1. The van der Waals surface area contributed by atoms with Crippen LogP contribution in [0.3, 0.4) is 0 Å². The average Bonchev–Trinajstić information content (AvgIpc) is 2.36. The molecule has 0 fully saturated rings. The monoisotopic (exact) mass is 264 g/mol. The SMILES string of the molecule is Cc1cccc(CCN)c1OCC(=O)NCC(C)C. The molecule has 0 spiro atoms. The van der Waals surface area contributed by atoms with Crippen LogP contribution in [0, 0.1) is 12.8 Å². The minimum Gasteiger partial charge on any atom is -0.483 e. The smallest absolute Gasteiger partial charge is 0.257 e. The van der Waals surface area contributed by atoms with Crippen molar-refractivity contribution in [3.63, 3.8) is 0 Å². The second kappa shape index (κ2) is 7.79.